The van der Waals surface area contributed by atoms with Crippen LogP contribution < -0.4 is 15.4 Å². The molecule has 1 aromatic heterocycles. The smallest absolute Gasteiger partial charge is 0.236 e. The summed E-state index contributed by atoms with van der Waals surface area (Å²) < 4.78 is 5.17. The molecule has 2 N–H and O–H groups in total. The van der Waals surface area contributed by atoms with E-state index < -0.39 is 0 Å². The van der Waals surface area contributed by atoms with Crippen molar-refractivity contribution in [1.82, 2.24) is 4.98 Å². The SMILES string of the molecule is COc1ccccc1NC(=O)CSCC(=O)Nc1nc(C)cs1. The van der Waals surface area contributed by atoms with E-state index in [0.29, 0.717) is 16.6 Å². The molecule has 2 rings (SSSR count). The fourth-order valence-corrected chi connectivity index (χ4v) is 3.06. The van der Waals surface area contributed by atoms with Gasteiger partial charge in [0.25, 0.3) is 0 Å². The third-order valence-corrected chi connectivity index (χ3v) is 4.52. The molecule has 0 saturated heterocycles. The summed E-state index contributed by atoms with van der Waals surface area (Å²) in [5.41, 5.74) is 1.48. The summed E-state index contributed by atoms with van der Waals surface area (Å²) in [4.78, 5) is 27.8. The topological polar surface area (TPSA) is 80.3 Å². The number of nitrogens with one attached hydrogen (secondary N) is 2. The fourth-order valence-electron chi connectivity index (χ4n) is 1.74. The van der Waals surface area contributed by atoms with Crippen LogP contribution >= 0.6 is 23.1 Å². The first-order valence-corrected chi connectivity index (χ1v) is 8.84. The number of aromatic nitrogens is 1. The quantitative estimate of drug-likeness (QED) is 0.802. The molecule has 1 aromatic carbocycles. The monoisotopic (exact) mass is 351 g/mol. The number of hydrogen-bond donors (Lipinski definition) is 2. The highest BCUT2D eigenvalue weighted by Gasteiger charge is 2.09. The lowest BCUT2D eigenvalue weighted by Gasteiger charge is -2.09. The van der Waals surface area contributed by atoms with E-state index in [1.165, 1.54) is 23.1 Å². The number of thiazole rings is 1. The number of hydrogen-bond acceptors (Lipinski definition) is 6. The van der Waals surface area contributed by atoms with Crippen LogP contribution in [0.15, 0.2) is 29.6 Å². The van der Waals surface area contributed by atoms with Crippen LogP contribution in [0.2, 0.25) is 0 Å². The van der Waals surface area contributed by atoms with Gasteiger partial charge in [-0.05, 0) is 19.1 Å². The van der Waals surface area contributed by atoms with E-state index >= 15 is 0 Å². The second-order valence-electron chi connectivity index (χ2n) is 4.58. The van der Waals surface area contributed by atoms with Gasteiger partial charge >= 0.3 is 0 Å². The van der Waals surface area contributed by atoms with Crippen LogP contribution in [0.3, 0.4) is 0 Å². The zero-order valence-corrected chi connectivity index (χ0v) is 14.4. The van der Waals surface area contributed by atoms with Crippen LogP contribution in [0.5, 0.6) is 5.75 Å². The van der Waals surface area contributed by atoms with Crippen molar-refractivity contribution in [1.29, 1.82) is 0 Å². The minimum absolute atomic E-state index is 0.172. The molecular formula is C15H17N3O3S2. The van der Waals surface area contributed by atoms with Gasteiger partial charge in [-0.1, -0.05) is 12.1 Å². The second kappa shape index (κ2) is 8.54. The summed E-state index contributed by atoms with van der Waals surface area (Å²) in [6.45, 7) is 1.86. The average molecular weight is 351 g/mol. The van der Waals surface area contributed by atoms with Gasteiger partial charge in [0.15, 0.2) is 5.13 Å². The van der Waals surface area contributed by atoms with Gasteiger partial charge in [0.1, 0.15) is 5.75 Å². The van der Waals surface area contributed by atoms with Crippen molar-refractivity contribution in [2.75, 3.05) is 29.2 Å². The van der Waals surface area contributed by atoms with Gasteiger partial charge in [0.05, 0.1) is 30.0 Å². The van der Waals surface area contributed by atoms with Crippen molar-refractivity contribution in [2.24, 2.45) is 0 Å². The first-order chi connectivity index (χ1) is 11.1. The van der Waals surface area contributed by atoms with Crippen LogP contribution in [-0.2, 0) is 9.59 Å². The highest BCUT2D eigenvalue weighted by molar-refractivity contribution is 8.00. The Labute approximate surface area is 142 Å². The number of aryl methyl sites for hydroxylation is 1. The molecule has 0 saturated carbocycles. The maximum atomic E-state index is 11.9. The molecule has 23 heavy (non-hydrogen) atoms. The van der Waals surface area contributed by atoms with Gasteiger partial charge in [0, 0.05) is 5.38 Å². The van der Waals surface area contributed by atoms with Crippen molar-refractivity contribution in [3.8, 4) is 5.75 Å². The van der Waals surface area contributed by atoms with Gasteiger partial charge in [0.2, 0.25) is 11.8 Å². The summed E-state index contributed by atoms with van der Waals surface area (Å²) >= 11 is 2.62. The normalized spacial score (nSPS) is 10.2. The summed E-state index contributed by atoms with van der Waals surface area (Å²) in [7, 11) is 1.55. The molecule has 0 aliphatic rings. The van der Waals surface area contributed by atoms with Gasteiger partial charge in [-0.3, -0.25) is 9.59 Å². The number of rotatable bonds is 7. The van der Waals surface area contributed by atoms with Gasteiger partial charge in [-0.15, -0.1) is 23.1 Å². The van der Waals surface area contributed by atoms with Gasteiger partial charge < -0.3 is 15.4 Å². The highest BCUT2D eigenvalue weighted by atomic mass is 32.2. The van der Waals surface area contributed by atoms with E-state index in [-0.39, 0.29) is 23.3 Å². The van der Waals surface area contributed by atoms with E-state index in [0.717, 1.165) is 5.69 Å². The minimum Gasteiger partial charge on any atom is -0.495 e. The van der Waals surface area contributed by atoms with E-state index in [9.17, 15) is 9.59 Å². The van der Waals surface area contributed by atoms with Crippen LogP contribution in [0.4, 0.5) is 10.8 Å². The Balaban J connectivity index is 1.73. The van der Waals surface area contributed by atoms with Gasteiger partial charge in [-0.25, -0.2) is 4.98 Å². The Kier molecular flexibility index (Phi) is 6.42. The zero-order chi connectivity index (χ0) is 16.7. The molecular weight excluding hydrogens is 334 g/mol. The minimum atomic E-state index is -0.183. The number of anilines is 2. The molecule has 0 radical (unpaired) electrons. The molecule has 0 aliphatic heterocycles. The fraction of sp³-hybridized carbons (Fsp3) is 0.267. The lowest BCUT2D eigenvalue weighted by atomic mass is 10.3. The van der Waals surface area contributed by atoms with Crippen molar-refractivity contribution >= 4 is 45.7 Å². The number of carbonyl (C=O) groups excluding carboxylic acids is 2. The molecule has 0 bridgehead atoms. The first kappa shape index (κ1) is 17.3. The Morgan fingerprint density at radius 3 is 2.57 bits per heavy atom. The number of methoxy groups -OCH3 is 1. The summed E-state index contributed by atoms with van der Waals surface area (Å²) in [5, 5.41) is 7.90. The molecule has 0 spiro atoms. The molecule has 2 aromatic rings. The Morgan fingerprint density at radius 1 is 1.22 bits per heavy atom. The Morgan fingerprint density at radius 2 is 1.91 bits per heavy atom. The zero-order valence-electron chi connectivity index (χ0n) is 12.8. The maximum absolute atomic E-state index is 11.9. The maximum Gasteiger partial charge on any atom is 0.236 e. The predicted octanol–water partition coefficient (Wildman–Crippen LogP) is 2.77. The molecule has 1 heterocycles. The lowest BCUT2D eigenvalue weighted by molar-refractivity contribution is -0.114. The molecule has 0 fully saturated rings. The number of para-hydroxylation sites is 2. The van der Waals surface area contributed by atoms with E-state index in [1.807, 2.05) is 24.4 Å². The lowest BCUT2D eigenvalue weighted by Crippen LogP contribution is -2.18. The molecule has 0 aliphatic carbocycles. The molecule has 0 unspecified atom stereocenters. The Bertz CT molecular complexity index is 688. The third-order valence-electron chi connectivity index (χ3n) is 2.71. The first-order valence-electron chi connectivity index (χ1n) is 6.81. The van der Waals surface area contributed by atoms with Crippen molar-refractivity contribution < 1.29 is 14.3 Å². The third kappa shape index (κ3) is 5.57. The molecule has 122 valence electrons. The molecule has 6 nitrogen and oxygen atoms in total. The van der Waals surface area contributed by atoms with Gasteiger partial charge in [-0.2, -0.15) is 0 Å². The summed E-state index contributed by atoms with van der Waals surface area (Å²) in [5.74, 6) is 0.620. The van der Waals surface area contributed by atoms with E-state index in [4.69, 9.17) is 4.74 Å². The van der Waals surface area contributed by atoms with Crippen molar-refractivity contribution in [3.63, 3.8) is 0 Å². The van der Waals surface area contributed by atoms with Crippen LogP contribution in [0.25, 0.3) is 0 Å². The number of ether oxygens (including phenoxy) is 1. The van der Waals surface area contributed by atoms with Crippen LogP contribution in [0, 0.1) is 6.92 Å². The van der Waals surface area contributed by atoms with Crippen molar-refractivity contribution in [3.05, 3.63) is 35.3 Å². The number of amides is 2. The number of thioether (sulfide) groups is 1. The standard InChI is InChI=1S/C15H17N3O3S2/c1-10-7-23-15(16-10)18-14(20)9-22-8-13(19)17-11-5-3-4-6-12(11)21-2/h3-7H,8-9H2,1-2H3,(H,17,19)(H,16,18,20). The Hall–Kier alpha value is -2.06. The largest absolute Gasteiger partial charge is 0.495 e. The number of carbonyl (C=O) groups is 2. The summed E-state index contributed by atoms with van der Waals surface area (Å²) in [6.07, 6.45) is 0. The van der Waals surface area contributed by atoms with Crippen molar-refractivity contribution in [2.45, 2.75) is 6.92 Å². The highest BCUT2D eigenvalue weighted by Crippen LogP contribution is 2.23. The number of benzene rings is 1. The molecule has 0 atom stereocenters. The second-order valence-corrected chi connectivity index (χ2v) is 6.43. The number of nitrogens with zero attached hydrogens (tertiary/aromatic N) is 1. The predicted molar refractivity (Wildman–Crippen MR) is 94.4 cm³/mol. The molecule has 8 heteroatoms. The summed E-state index contributed by atoms with van der Waals surface area (Å²) in [6, 6.07) is 7.17. The van der Waals surface area contributed by atoms with E-state index in [1.54, 1.807) is 19.2 Å². The average Bonchev–Trinajstić information content (AvgIpc) is 2.92. The molecule has 2 amide bonds. The van der Waals surface area contributed by atoms with Crippen LogP contribution in [-0.4, -0.2) is 35.4 Å². The van der Waals surface area contributed by atoms with Crippen LogP contribution in [0.1, 0.15) is 5.69 Å². The van der Waals surface area contributed by atoms with E-state index in [2.05, 4.69) is 15.6 Å².